The first-order valence-corrected chi connectivity index (χ1v) is 7.33. The van der Waals surface area contributed by atoms with Gasteiger partial charge in [-0.2, -0.15) is 0 Å². The summed E-state index contributed by atoms with van der Waals surface area (Å²) in [5, 5.41) is 3.77. The molecule has 0 fully saturated rings. The van der Waals surface area contributed by atoms with Gasteiger partial charge < -0.3 is 10.2 Å². The summed E-state index contributed by atoms with van der Waals surface area (Å²) < 4.78 is 0. The van der Waals surface area contributed by atoms with Gasteiger partial charge in [0.15, 0.2) is 0 Å². The molecule has 0 aliphatic carbocycles. The molecule has 0 saturated carbocycles. The second-order valence-corrected chi connectivity index (χ2v) is 5.86. The molecule has 0 saturated heterocycles. The van der Waals surface area contributed by atoms with E-state index in [1.165, 1.54) is 25.7 Å². The fourth-order valence-corrected chi connectivity index (χ4v) is 2.32. The molecule has 3 unspecified atom stereocenters. The molecule has 0 aromatic carbocycles. The SMILES string of the molecule is CCCNC(CC(C)CC)C(C)(CC)N(C)C. The van der Waals surface area contributed by atoms with Gasteiger partial charge in [-0.15, -0.1) is 0 Å². The van der Waals surface area contributed by atoms with E-state index in [0.29, 0.717) is 6.04 Å². The summed E-state index contributed by atoms with van der Waals surface area (Å²) in [6.45, 7) is 12.7. The van der Waals surface area contributed by atoms with Crippen LogP contribution in [0.3, 0.4) is 0 Å². The topological polar surface area (TPSA) is 15.3 Å². The minimum Gasteiger partial charge on any atom is -0.312 e. The predicted molar refractivity (Wildman–Crippen MR) is 78.5 cm³/mol. The van der Waals surface area contributed by atoms with E-state index in [1.54, 1.807) is 0 Å². The third kappa shape index (κ3) is 4.97. The Labute approximate surface area is 109 Å². The number of nitrogens with one attached hydrogen (secondary N) is 1. The lowest BCUT2D eigenvalue weighted by Crippen LogP contribution is -2.57. The van der Waals surface area contributed by atoms with E-state index in [-0.39, 0.29) is 5.54 Å². The summed E-state index contributed by atoms with van der Waals surface area (Å²) in [4.78, 5) is 2.39. The van der Waals surface area contributed by atoms with Crippen LogP contribution in [-0.2, 0) is 0 Å². The van der Waals surface area contributed by atoms with E-state index in [2.05, 4.69) is 58.9 Å². The highest BCUT2D eigenvalue weighted by Gasteiger charge is 2.34. The molecule has 17 heavy (non-hydrogen) atoms. The van der Waals surface area contributed by atoms with Gasteiger partial charge in [0.05, 0.1) is 0 Å². The Balaban J connectivity index is 4.73. The largest absolute Gasteiger partial charge is 0.312 e. The third-order valence-electron chi connectivity index (χ3n) is 4.46. The highest BCUT2D eigenvalue weighted by atomic mass is 15.2. The van der Waals surface area contributed by atoms with Gasteiger partial charge in [0.1, 0.15) is 0 Å². The predicted octanol–water partition coefficient (Wildman–Crippen LogP) is 3.52. The van der Waals surface area contributed by atoms with Crippen molar-refractivity contribution in [3.63, 3.8) is 0 Å². The van der Waals surface area contributed by atoms with Gasteiger partial charge in [-0.1, -0.05) is 34.1 Å². The Hall–Kier alpha value is -0.0800. The van der Waals surface area contributed by atoms with Crippen LogP contribution in [0.5, 0.6) is 0 Å². The Morgan fingerprint density at radius 3 is 2.12 bits per heavy atom. The molecule has 0 amide bonds. The molecule has 1 N–H and O–H groups in total. The van der Waals surface area contributed by atoms with Gasteiger partial charge in [-0.05, 0) is 52.7 Å². The summed E-state index contributed by atoms with van der Waals surface area (Å²) >= 11 is 0. The number of likely N-dealkylation sites (N-methyl/N-ethyl adjacent to an activating group) is 1. The van der Waals surface area contributed by atoms with Gasteiger partial charge in [0.2, 0.25) is 0 Å². The van der Waals surface area contributed by atoms with Crippen molar-refractivity contribution in [3.05, 3.63) is 0 Å². The van der Waals surface area contributed by atoms with Crippen LogP contribution < -0.4 is 5.32 Å². The van der Waals surface area contributed by atoms with Gasteiger partial charge in [-0.25, -0.2) is 0 Å². The average molecular weight is 242 g/mol. The van der Waals surface area contributed by atoms with Crippen molar-refractivity contribution in [2.24, 2.45) is 5.92 Å². The maximum absolute atomic E-state index is 3.77. The first-order chi connectivity index (χ1) is 7.92. The van der Waals surface area contributed by atoms with Crippen molar-refractivity contribution in [2.45, 2.75) is 71.9 Å². The molecule has 3 atom stereocenters. The minimum absolute atomic E-state index is 0.262. The Bertz CT molecular complexity index is 191. The molecule has 0 spiro atoms. The summed E-state index contributed by atoms with van der Waals surface area (Å²) in [6.07, 6.45) is 4.96. The molecule has 0 heterocycles. The molecule has 0 aromatic heterocycles. The Morgan fingerprint density at radius 1 is 1.18 bits per heavy atom. The van der Waals surface area contributed by atoms with E-state index in [0.717, 1.165) is 12.5 Å². The second kappa shape index (κ2) is 8.10. The monoisotopic (exact) mass is 242 g/mol. The molecule has 0 radical (unpaired) electrons. The maximum atomic E-state index is 3.77. The van der Waals surface area contributed by atoms with Crippen molar-refractivity contribution in [2.75, 3.05) is 20.6 Å². The average Bonchev–Trinajstić information content (AvgIpc) is 2.32. The van der Waals surface area contributed by atoms with E-state index in [9.17, 15) is 0 Å². The number of hydrogen-bond acceptors (Lipinski definition) is 2. The van der Waals surface area contributed by atoms with E-state index >= 15 is 0 Å². The summed E-state index contributed by atoms with van der Waals surface area (Å²) in [5.41, 5.74) is 0.262. The lowest BCUT2D eigenvalue weighted by Gasteiger charge is -2.44. The Morgan fingerprint density at radius 2 is 1.76 bits per heavy atom. The molecule has 0 rings (SSSR count). The van der Waals surface area contributed by atoms with Crippen molar-refractivity contribution < 1.29 is 0 Å². The van der Waals surface area contributed by atoms with Gasteiger partial charge >= 0.3 is 0 Å². The third-order valence-corrected chi connectivity index (χ3v) is 4.46. The minimum atomic E-state index is 0.262. The zero-order chi connectivity index (χ0) is 13.5. The fourth-order valence-electron chi connectivity index (χ4n) is 2.32. The molecule has 2 nitrogen and oxygen atoms in total. The van der Waals surface area contributed by atoms with Crippen molar-refractivity contribution in [3.8, 4) is 0 Å². The quantitative estimate of drug-likeness (QED) is 0.665. The highest BCUT2D eigenvalue weighted by molar-refractivity contribution is 4.94. The van der Waals surface area contributed by atoms with Crippen LogP contribution in [0.4, 0.5) is 0 Å². The number of hydrogen-bond donors (Lipinski definition) is 1. The van der Waals surface area contributed by atoms with Gasteiger partial charge in [-0.3, -0.25) is 0 Å². The van der Waals surface area contributed by atoms with Gasteiger partial charge in [0.25, 0.3) is 0 Å². The van der Waals surface area contributed by atoms with Crippen LogP contribution in [0.1, 0.15) is 60.3 Å². The summed E-state index contributed by atoms with van der Waals surface area (Å²) in [6, 6.07) is 0.595. The standard InChI is InChI=1S/C15H34N2/c1-8-11-16-14(12-13(4)9-2)15(5,10-3)17(6)7/h13-14,16H,8-12H2,1-7H3. The number of nitrogens with zero attached hydrogens (tertiary/aromatic N) is 1. The number of rotatable bonds is 9. The lowest BCUT2D eigenvalue weighted by molar-refractivity contribution is 0.0992. The van der Waals surface area contributed by atoms with Crippen LogP contribution in [-0.4, -0.2) is 37.1 Å². The fraction of sp³-hybridized carbons (Fsp3) is 1.00. The molecule has 0 aromatic rings. The zero-order valence-corrected chi connectivity index (χ0v) is 13.1. The molecule has 104 valence electrons. The van der Waals surface area contributed by atoms with Crippen molar-refractivity contribution >= 4 is 0 Å². The van der Waals surface area contributed by atoms with Gasteiger partial charge in [0, 0.05) is 11.6 Å². The van der Waals surface area contributed by atoms with Crippen LogP contribution in [0, 0.1) is 5.92 Å². The first-order valence-electron chi connectivity index (χ1n) is 7.33. The summed E-state index contributed by atoms with van der Waals surface area (Å²) in [7, 11) is 4.42. The molecule has 0 aliphatic rings. The highest BCUT2D eigenvalue weighted by Crippen LogP contribution is 2.26. The van der Waals surface area contributed by atoms with Crippen molar-refractivity contribution in [1.82, 2.24) is 10.2 Å². The van der Waals surface area contributed by atoms with E-state index < -0.39 is 0 Å². The maximum Gasteiger partial charge on any atom is 0.0325 e. The molecular formula is C15H34N2. The van der Waals surface area contributed by atoms with Crippen LogP contribution >= 0.6 is 0 Å². The van der Waals surface area contributed by atoms with E-state index in [1.807, 2.05) is 0 Å². The van der Waals surface area contributed by atoms with Crippen molar-refractivity contribution in [1.29, 1.82) is 0 Å². The molecular weight excluding hydrogens is 208 g/mol. The zero-order valence-electron chi connectivity index (χ0n) is 13.1. The smallest absolute Gasteiger partial charge is 0.0325 e. The van der Waals surface area contributed by atoms with Crippen LogP contribution in [0.25, 0.3) is 0 Å². The van der Waals surface area contributed by atoms with Crippen LogP contribution in [0.15, 0.2) is 0 Å². The normalized spacial score (nSPS) is 19.1. The lowest BCUT2D eigenvalue weighted by atomic mass is 9.82. The molecule has 0 bridgehead atoms. The van der Waals surface area contributed by atoms with Crippen LogP contribution in [0.2, 0.25) is 0 Å². The first kappa shape index (κ1) is 16.9. The molecule has 2 heteroatoms. The van der Waals surface area contributed by atoms with E-state index in [4.69, 9.17) is 0 Å². The Kier molecular flexibility index (Phi) is 8.06. The second-order valence-electron chi connectivity index (χ2n) is 5.86. The summed E-state index contributed by atoms with van der Waals surface area (Å²) in [5.74, 6) is 0.801. The molecule has 0 aliphatic heterocycles.